The van der Waals surface area contributed by atoms with E-state index in [1.54, 1.807) is 7.11 Å². The predicted octanol–water partition coefficient (Wildman–Crippen LogP) is 8.71. The number of pyridine rings is 1. The van der Waals surface area contributed by atoms with Crippen molar-refractivity contribution in [3.8, 4) is 11.5 Å². The van der Waals surface area contributed by atoms with E-state index in [1.165, 1.54) is 57.8 Å². The highest BCUT2D eigenvalue weighted by molar-refractivity contribution is 5.83. The number of benzene rings is 2. The Morgan fingerprint density at radius 1 is 0.758 bits per heavy atom. The molecule has 0 aliphatic carbocycles. The summed E-state index contributed by atoms with van der Waals surface area (Å²) in [7, 11) is 1.68. The zero-order valence-corrected chi connectivity index (χ0v) is 20.4. The Labute approximate surface area is 199 Å². The molecule has 33 heavy (non-hydrogen) atoms. The molecule has 1 heterocycles. The first-order valence-corrected chi connectivity index (χ1v) is 12.6. The third-order valence-corrected chi connectivity index (χ3v) is 6.02. The number of hydrogen-bond donors (Lipinski definition) is 0. The third-order valence-electron chi connectivity index (χ3n) is 6.02. The molecule has 0 spiro atoms. The van der Waals surface area contributed by atoms with Gasteiger partial charge in [0.2, 0.25) is 0 Å². The first kappa shape index (κ1) is 24.8. The normalized spacial score (nSPS) is 11.3. The molecule has 2 aromatic carbocycles. The van der Waals surface area contributed by atoms with Gasteiger partial charge in [-0.05, 0) is 42.3 Å². The Kier molecular flexibility index (Phi) is 10.8. The maximum Gasteiger partial charge on any atom is 0.145 e. The Morgan fingerprint density at radius 2 is 1.42 bits per heavy atom. The predicted molar refractivity (Wildman–Crippen MR) is 141 cm³/mol. The van der Waals surface area contributed by atoms with Crippen LogP contribution in [0.3, 0.4) is 0 Å². The fourth-order valence-electron chi connectivity index (χ4n) is 4.02. The molecule has 0 saturated carbocycles. The van der Waals surface area contributed by atoms with Crippen LogP contribution in [0.5, 0.6) is 11.5 Å². The second-order valence-electron chi connectivity index (χ2n) is 8.70. The van der Waals surface area contributed by atoms with Crippen LogP contribution in [0.1, 0.15) is 82.4 Å². The lowest BCUT2D eigenvalue weighted by molar-refractivity contribution is 0.304. The van der Waals surface area contributed by atoms with Crippen LogP contribution < -0.4 is 9.47 Å². The minimum absolute atomic E-state index is 0.779. The lowest BCUT2D eigenvalue weighted by Gasteiger charge is -2.07. The summed E-state index contributed by atoms with van der Waals surface area (Å²) in [6, 6.07) is 18.4. The average molecular weight is 446 g/mol. The van der Waals surface area contributed by atoms with Crippen molar-refractivity contribution < 1.29 is 9.47 Å². The van der Waals surface area contributed by atoms with Crippen molar-refractivity contribution in [2.45, 2.75) is 71.1 Å². The molecular formula is C30H39NO2. The summed E-state index contributed by atoms with van der Waals surface area (Å²) in [5, 5.41) is 1.08. The minimum Gasteiger partial charge on any atom is -0.494 e. The molecule has 0 aliphatic rings. The van der Waals surface area contributed by atoms with Gasteiger partial charge < -0.3 is 9.47 Å². The zero-order valence-electron chi connectivity index (χ0n) is 20.4. The monoisotopic (exact) mass is 445 g/mol. The molecule has 3 aromatic rings. The van der Waals surface area contributed by atoms with Gasteiger partial charge in [-0.25, -0.2) is 4.98 Å². The molecular weight excluding hydrogens is 406 g/mol. The van der Waals surface area contributed by atoms with Crippen molar-refractivity contribution in [2.75, 3.05) is 13.7 Å². The fourth-order valence-corrected chi connectivity index (χ4v) is 4.02. The highest BCUT2D eigenvalue weighted by Crippen LogP contribution is 2.25. The van der Waals surface area contributed by atoms with Gasteiger partial charge in [0, 0.05) is 5.39 Å². The molecule has 0 radical (unpaired) electrons. The maximum atomic E-state index is 5.92. The lowest BCUT2D eigenvalue weighted by atomic mass is 10.1. The minimum atomic E-state index is 0.779. The highest BCUT2D eigenvalue weighted by atomic mass is 16.5. The molecule has 1 aromatic heterocycles. The number of fused-ring (bicyclic) bond motifs is 1. The summed E-state index contributed by atoms with van der Waals surface area (Å²) in [5.41, 5.74) is 2.91. The second kappa shape index (κ2) is 14.4. The van der Waals surface area contributed by atoms with E-state index >= 15 is 0 Å². The Morgan fingerprint density at radius 3 is 2.12 bits per heavy atom. The van der Waals surface area contributed by atoms with Gasteiger partial charge in [0.1, 0.15) is 17.2 Å². The van der Waals surface area contributed by atoms with Gasteiger partial charge in [0.15, 0.2) is 0 Å². The van der Waals surface area contributed by atoms with Crippen LogP contribution in [-0.2, 0) is 0 Å². The van der Waals surface area contributed by atoms with Gasteiger partial charge in [0.25, 0.3) is 0 Å². The number of para-hydroxylation sites is 1. The molecule has 0 aliphatic heterocycles. The molecule has 176 valence electrons. The number of nitrogens with zero attached hydrogens (tertiary/aromatic N) is 1. The van der Waals surface area contributed by atoms with Crippen LogP contribution in [-0.4, -0.2) is 18.7 Å². The first-order chi connectivity index (χ1) is 16.3. The topological polar surface area (TPSA) is 31.4 Å². The van der Waals surface area contributed by atoms with Gasteiger partial charge >= 0.3 is 0 Å². The van der Waals surface area contributed by atoms with Crippen molar-refractivity contribution in [3.05, 3.63) is 65.9 Å². The maximum absolute atomic E-state index is 5.92. The van der Waals surface area contributed by atoms with Crippen LogP contribution >= 0.6 is 0 Å². The summed E-state index contributed by atoms with van der Waals surface area (Å²) in [6.07, 6.45) is 17.5. The van der Waals surface area contributed by atoms with E-state index in [-0.39, 0.29) is 0 Å². The summed E-state index contributed by atoms with van der Waals surface area (Å²) < 4.78 is 11.5. The van der Waals surface area contributed by atoms with Gasteiger partial charge in [-0.15, -0.1) is 0 Å². The van der Waals surface area contributed by atoms with Crippen molar-refractivity contribution in [1.82, 2.24) is 4.98 Å². The highest BCUT2D eigenvalue weighted by Gasteiger charge is 2.04. The van der Waals surface area contributed by atoms with Crippen molar-refractivity contribution in [3.63, 3.8) is 0 Å². The molecule has 3 rings (SSSR count). The van der Waals surface area contributed by atoms with E-state index < -0.39 is 0 Å². The molecule has 0 bridgehead atoms. The second-order valence-corrected chi connectivity index (χ2v) is 8.70. The number of methoxy groups -OCH3 is 1. The summed E-state index contributed by atoms with van der Waals surface area (Å²) >= 11 is 0. The first-order valence-electron chi connectivity index (χ1n) is 12.6. The van der Waals surface area contributed by atoms with Crippen molar-refractivity contribution in [1.29, 1.82) is 0 Å². The van der Waals surface area contributed by atoms with E-state index in [0.717, 1.165) is 46.7 Å². The van der Waals surface area contributed by atoms with E-state index in [1.807, 2.05) is 48.5 Å². The van der Waals surface area contributed by atoms with Gasteiger partial charge in [-0.3, -0.25) is 0 Å². The summed E-state index contributed by atoms with van der Waals surface area (Å²) in [4.78, 5) is 4.74. The molecule has 3 nitrogen and oxygen atoms in total. The summed E-state index contributed by atoms with van der Waals surface area (Å²) in [5.74, 6) is 1.71. The SMILES string of the molecule is CCCCCCCCCCCCOc1ccc(C=Cc2nc3ccccc3cc2OC)cc1. The smallest absolute Gasteiger partial charge is 0.145 e. The molecule has 0 atom stereocenters. The van der Waals surface area contributed by atoms with Crippen LogP contribution in [0.4, 0.5) is 0 Å². The quantitative estimate of drug-likeness (QED) is 0.219. The number of aromatic nitrogens is 1. The van der Waals surface area contributed by atoms with Gasteiger partial charge in [-0.1, -0.05) is 101 Å². The van der Waals surface area contributed by atoms with Crippen molar-refractivity contribution in [2.24, 2.45) is 0 Å². The third kappa shape index (κ3) is 8.57. The van der Waals surface area contributed by atoms with Crippen LogP contribution in [0.2, 0.25) is 0 Å². The number of unbranched alkanes of at least 4 members (excludes halogenated alkanes) is 9. The molecule has 0 saturated heterocycles. The fraction of sp³-hybridized carbons (Fsp3) is 0.433. The molecule has 0 unspecified atom stereocenters. The lowest BCUT2D eigenvalue weighted by Crippen LogP contribution is -1.97. The molecule has 0 fully saturated rings. The molecule has 3 heteroatoms. The van der Waals surface area contributed by atoms with E-state index in [2.05, 4.69) is 25.1 Å². The number of rotatable bonds is 15. The standard InChI is InChI=1S/C30H39NO2/c1-3-4-5-6-7-8-9-10-11-14-23-33-27-20-17-25(18-21-27)19-22-29-30(32-2)24-26-15-12-13-16-28(26)31-29/h12-13,15-22,24H,3-11,14,23H2,1-2H3. The molecule has 0 amide bonds. The van der Waals surface area contributed by atoms with Crippen LogP contribution in [0.25, 0.3) is 23.1 Å². The molecule has 0 N–H and O–H groups in total. The number of hydrogen-bond acceptors (Lipinski definition) is 3. The van der Waals surface area contributed by atoms with Crippen molar-refractivity contribution >= 4 is 23.1 Å². The van der Waals surface area contributed by atoms with E-state index in [4.69, 9.17) is 14.5 Å². The zero-order chi connectivity index (χ0) is 23.1. The Hall–Kier alpha value is -2.81. The van der Waals surface area contributed by atoms with Gasteiger partial charge in [-0.2, -0.15) is 0 Å². The van der Waals surface area contributed by atoms with Crippen LogP contribution in [0, 0.1) is 0 Å². The van der Waals surface area contributed by atoms with Gasteiger partial charge in [0.05, 0.1) is 19.2 Å². The largest absolute Gasteiger partial charge is 0.494 e. The Bertz CT molecular complexity index is 978. The average Bonchev–Trinajstić information content (AvgIpc) is 2.86. The van der Waals surface area contributed by atoms with E-state index in [0.29, 0.717) is 0 Å². The van der Waals surface area contributed by atoms with Crippen LogP contribution in [0.15, 0.2) is 54.6 Å². The summed E-state index contributed by atoms with van der Waals surface area (Å²) in [6.45, 7) is 3.07. The Balaban J connectivity index is 1.38. The number of ether oxygens (including phenoxy) is 2. The van der Waals surface area contributed by atoms with E-state index in [9.17, 15) is 0 Å².